The number of nitrogens with one attached hydrogen (secondary N) is 1. The summed E-state index contributed by atoms with van der Waals surface area (Å²) in [5.74, 6) is 0.861. The van der Waals surface area contributed by atoms with E-state index in [1.807, 2.05) is 49.4 Å². The number of ether oxygens (including phenoxy) is 1. The minimum Gasteiger partial charge on any atom is -0.473 e. The van der Waals surface area contributed by atoms with Gasteiger partial charge in [0.2, 0.25) is 12.3 Å². The first kappa shape index (κ1) is 29.6. The van der Waals surface area contributed by atoms with Crippen LogP contribution in [0.3, 0.4) is 0 Å². The zero-order valence-electron chi connectivity index (χ0n) is 25.4. The Morgan fingerprint density at radius 2 is 1.84 bits per heavy atom. The van der Waals surface area contributed by atoms with E-state index in [0.717, 1.165) is 23.2 Å². The summed E-state index contributed by atoms with van der Waals surface area (Å²) in [7, 11) is 3.42. The van der Waals surface area contributed by atoms with Crippen LogP contribution in [0.25, 0.3) is 11.1 Å². The summed E-state index contributed by atoms with van der Waals surface area (Å²) < 4.78 is 12.9. The van der Waals surface area contributed by atoms with Gasteiger partial charge in [-0.1, -0.05) is 30.3 Å². The number of fused-ring (bicyclic) bond motifs is 1. The summed E-state index contributed by atoms with van der Waals surface area (Å²) >= 11 is 0. The average molecular weight is 607 g/mol. The van der Waals surface area contributed by atoms with Gasteiger partial charge in [-0.05, 0) is 61.2 Å². The molecule has 1 aliphatic rings. The number of carbonyl (C=O) groups excluding carboxylic acids is 2. The number of aryl methyl sites for hydroxylation is 2. The molecule has 0 atom stereocenters. The summed E-state index contributed by atoms with van der Waals surface area (Å²) in [5.41, 5.74) is 4.29. The highest BCUT2D eigenvalue weighted by atomic mass is 16.5. The molecule has 0 spiro atoms. The minimum absolute atomic E-state index is 0.0242. The average Bonchev–Trinajstić information content (AvgIpc) is 3.37. The fraction of sp³-hybridized carbons (Fsp3) is 0.265. The molecule has 1 amide bonds. The molecule has 0 aliphatic carbocycles. The third kappa shape index (κ3) is 6.01. The highest BCUT2D eigenvalue weighted by molar-refractivity contribution is 6.11. The molecule has 0 saturated carbocycles. The van der Waals surface area contributed by atoms with Crippen LogP contribution in [0.15, 0.2) is 82.1 Å². The Hall–Kier alpha value is -5.45. The molecule has 6 rings (SSSR count). The maximum absolute atomic E-state index is 13.9. The zero-order chi connectivity index (χ0) is 31.5. The molecule has 11 heteroatoms. The quantitative estimate of drug-likeness (QED) is 0.178. The first-order valence-electron chi connectivity index (χ1n) is 14.8. The van der Waals surface area contributed by atoms with Crippen molar-refractivity contribution in [3.8, 4) is 5.88 Å². The van der Waals surface area contributed by atoms with Gasteiger partial charge in [0.15, 0.2) is 11.4 Å². The topological polar surface area (TPSA) is 123 Å². The second-order valence-corrected chi connectivity index (χ2v) is 11.1. The molecule has 4 heterocycles. The van der Waals surface area contributed by atoms with Crippen LogP contribution < -0.4 is 25.6 Å². The van der Waals surface area contributed by atoms with Crippen molar-refractivity contribution >= 4 is 40.6 Å². The SMILES string of the molecule is CNc1ncccc1N(C=O)C1CCN(c2cc(C(=O)c3cc(C)c4c(c3)oc(=O)n4C)cc(OCc3ccccc3)n2)CC1. The first-order chi connectivity index (χ1) is 21.9. The van der Waals surface area contributed by atoms with E-state index in [9.17, 15) is 14.4 Å². The second kappa shape index (κ2) is 12.7. The Bertz CT molecular complexity index is 1910. The summed E-state index contributed by atoms with van der Waals surface area (Å²) in [6.07, 6.45) is 3.94. The van der Waals surface area contributed by atoms with Gasteiger partial charge in [0, 0.05) is 56.6 Å². The van der Waals surface area contributed by atoms with Crippen molar-refractivity contribution < 1.29 is 18.7 Å². The number of hydrogen-bond donors (Lipinski definition) is 1. The van der Waals surface area contributed by atoms with E-state index in [1.54, 1.807) is 49.5 Å². The van der Waals surface area contributed by atoms with Crippen molar-refractivity contribution in [3.63, 3.8) is 0 Å². The molecule has 11 nitrogen and oxygen atoms in total. The molecular weight excluding hydrogens is 572 g/mol. The van der Waals surface area contributed by atoms with Crippen molar-refractivity contribution in [2.75, 3.05) is 35.3 Å². The van der Waals surface area contributed by atoms with Crippen LogP contribution in [-0.2, 0) is 18.4 Å². The molecule has 230 valence electrons. The van der Waals surface area contributed by atoms with Crippen LogP contribution >= 0.6 is 0 Å². The maximum atomic E-state index is 13.9. The van der Waals surface area contributed by atoms with Gasteiger partial charge in [-0.2, -0.15) is 4.98 Å². The van der Waals surface area contributed by atoms with E-state index in [1.165, 1.54) is 4.57 Å². The van der Waals surface area contributed by atoms with Crippen molar-refractivity contribution in [2.24, 2.45) is 7.05 Å². The molecule has 1 N–H and O–H groups in total. The lowest BCUT2D eigenvalue weighted by Crippen LogP contribution is -2.45. The minimum atomic E-state index is -0.484. The van der Waals surface area contributed by atoms with Crippen molar-refractivity contribution in [3.05, 3.63) is 106 Å². The first-order valence-corrected chi connectivity index (χ1v) is 14.8. The zero-order valence-corrected chi connectivity index (χ0v) is 25.4. The highest BCUT2D eigenvalue weighted by Crippen LogP contribution is 2.31. The lowest BCUT2D eigenvalue weighted by molar-refractivity contribution is -0.108. The molecule has 45 heavy (non-hydrogen) atoms. The number of carbonyl (C=O) groups is 2. The van der Waals surface area contributed by atoms with E-state index >= 15 is 0 Å². The summed E-state index contributed by atoms with van der Waals surface area (Å²) in [4.78, 5) is 51.2. The van der Waals surface area contributed by atoms with Crippen LogP contribution in [0, 0.1) is 6.92 Å². The van der Waals surface area contributed by atoms with Gasteiger partial charge in [0.25, 0.3) is 0 Å². The van der Waals surface area contributed by atoms with Gasteiger partial charge >= 0.3 is 5.76 Å². The monoisotopic (exact) mass is 606 g/mol. The molecule has 1 aliphatic heterocycles. The molecule has 1 fully saturated rings. The summed E-state index contributed by atoms with van der Waals surface area (Å²) in [5, 5.41) is 3.06. The lowest BCUT2D eigenvalue weighted by atomic mass is 10.00. The number of piperidine rings is 1. The molecule has 3 aromatic heterocycles. The normalized spacial score (nSPS) is 13.5. The molecule has 0 bridgehead atoms. The molecule has 0 unspecified atom stereocenters. The summed E-state index contributed by atoms with van der Waals surface area (Å²) in [6, 6.07) is 20.2. The maximum Gasteiger partial charge on any atom is 0.419 e. The van der Waals surface area contributed by atoms with Gasteiger partial charge < -0.3 is 24.3 Å². The Balaban J connectivity index is 1.29. The van der Waals surface area contributed by atoms with E-state index in [2.05, 4.69) is 15.2 Å². The number of amides is 1. The number of rotatable bonds is 10. The number of anilines is 3. The van der Waals surface area contributed by atoms with Crippen LogP contribution in [0.1, 0.15) is 39.9 Å². The van der Waals surface area contributed by atoms with Crippen LogP contribution in [0.5, 0.6) is 5.88 Å². The van der Waals surface area contributed by atoms with E-state index in [-0.39, 0.29) is 11.8 Å². The van der Waals surface area contributed by atoms with E-state index < -0.39 is 5.76 Å². The van der Waals surface area contributed by atoms with Gasteiger partial charge in [0.05, 0.1) is 11.2 Å². The predicted molar refractivity (Wildman–Crippen MR) is 172 cm³/mol. The Morgan fingerprint density at radius 1 is 1.09 bits per heavy atom. The van der Waals surface area contributed by atoms with Crippen molar-refractivity contribution in [2.45, 2.75) is 32.4 Å². The number of pyridine rings is 2. The fourth-order valence-corrected chi connectivity index (χ4v) is 5.91. The summed E-state index contributed by atoms with van der Waals surface area (Å²) in [6.45, 7) is 3.37. The van der Waals surface area contributed by atoms with Crippen LogP contribution in [-0.4, -0.2) is 52.9 Å². The number of hydrogen-bond acceptors (Lipinski definition) is 9. The fourth-order valence-electron chi connectivity index (χ4n) is 5.91. The van der Waals surface area contributed by atoms with Crippen LogP contribution in [0.4, 0.5) is 17.3 Å². The van der Waals surface area contributed by atoms with E-state index in [0.29, 0.717) is 72.3 Å². The van der Waals surface area contributed by atoms with Crippen molar-refractivity contribution in [1.29, 1.82) is 0 Å². The standard InChI is InChI=1S/C34H34N6O5/c1-22-16-24(17-28-31(22)38(3)34(43)45-28)32(42)25-18-29(37-30(19-25)44-20-23-8-5-4-6-9-23)39-14-11-26(12-15-39)40(21-41)27-10-7-13-36-33(27)35-2/h4-10,13,16-19,21,26H,11-12,14-15,20H2,1-3H3,(H,35,36). The highest BCUT2D eigenvalue weighted by Gasteiger charge is 2.28. The van der Waals surface area contributed by atoms with Crippen molar-refractivity contribution in [1.82, 2.24) is 14.5 Å². The van der Waals surface area contributed by atoms with Gasteiger partial charge in [0.1, 0.15) is 18.2 Å². The van der Waals surface area contributed by atoms with Gasteiger partial charge in [-0.15, -0.1) is 0 Å². The largest absolute Gasteiger partial charge is 0.473 e. The molecule has 5 aromatic rings. The predicted octanol–water partition coefficient (Wildman–Crippen LogP) is 4.71. The van der Waals surface area contributed by atoms with Gasteiger partial charge in [-0.25, -0.2) is 9.78 Å². The number of oxazole rings is 1. The second-order valence-electron chi connectivity index (χ2n) is 11.1. The number of aromatic nitrogens is 3. The molecule has 2 aromatic carbocycles. The number of benzene rings is 2. The number of ketones is 1. The Morgan fingerprint density at radius 3 is 2.58 bits per heavy atom. The Kier molecular flexibility index (Phi) is 8.33. The van der Waals surface area contributed by atoms with E-state index in [4.69, 9.17) is 14.1 Å². The smallest absolute Gasteiger partial charge is 0.419 e. The Labute approximate surface area is 260 Å². The van der Waals surface area contributed by atoms with Gasteiger partial charge in [-0.3, -0.25) is 14.2 Å². The number of nitrogens with zero attached hydrogens (tertiary/aromatic N) is 5. The third-order valence-corrected chi connectivity index (χ3v) is 8.21. The third-order valence-electron chi connectivity index (χ3n) is 8.21. The lowest BCUT2D eigenvalue weighted by Gasteiger charge is -2.37. The molecular formula is C34H34N6O5. The van der Waals surface area contributed by atoms with Crippen LogP contribution in [0.2, 0.25) is 0 Å². The molecule has 0 radical (unpaired) electrons. The molecule has 1 saturated heterocycles.